The Kier molecular flexibility index (Phi) is 6.01. The van der Waals surface area contributed by atoms with Crippen molar-refractivity contribution in [3.63, 3.8) is 0 Å². The van der Waals surface area contributed by atoms with Gasteiger partial charge in [-0.15, -0.1) is 0 Å². The Morgan fingerprint density at radius 1 is 1.33 bits per heavy atom. The number of ether oxygens (including phenoxy) is 1. The lowest BCUT2D eigenvalue weighted by Crippen LogP contribution is -2.29. The zero-order chi connectivity index (χ0) is 11.8. The van der Waals surface area contributed by atoms with Gasteiger partial charge in [0.15, 0.2) is 0 Å². The van der Waals surface area contributed by atoms with Crippen molar-refractivity contribution in [2.24, 2.45) is 0 Å². The quantitative estimate of drug-likeness (QED) is 0.388. The van der Waals surface area contributed by atoms with E-state index in [4.69, 9.17) is 0 Å². The lowest BCUT2D eigenvalue weighted by molar-refractivity contribution is -0.138. The summed E-state index contributed by atoms with van der Waals surface area (Å²) in [6.07, 6.45) is -0.184. The smallest absolute Gasteiger partial charge is 0.335 e. The van der Waals surface area contributed by atoms with Crippen LogP contribution in [0.5, 0.6) is 0 Å². The molecule has 0 aliphatic carbocycles. The molecule has 0 aliphatic heterocycles. The Hall–Kier alpha value is -1.65. The van der Waals surface area contributed by atoms with E-state index < -0.39 is 11.9 Å². The molecule has 0 fully saturated rings. The Morgan fingerprint density at radius 2 is 1.93 bits per heavy atom. The van der Waals surface area contributed by atoms with Crippen LogP contribution in [-0.4, -0.2) is 30.8 Å². The second-order valence-corrected chi connectivity index (χ2v) is 2.98. The number of carbonyl (C=O) groups is 3. The van der Waals surface area contributed by atoms with E-state index in [9.17, 15) is 14.4 Å². The molecule has 0 atom stereocenters. The minimum Gasteiger partial charge on any atom is -0.463 e. The molecule has 84 valence electrons. The number of nitrogens with one attached hydrogen (secondary N) is 1. The van der Waals surface area contributed by atoms with E-state index in [1.54, 1.807) is 6.92 Å². The van der Waals surface area contributed by atoms with E-state index in [-0.39, 0.29) is 30.9 Å². The number of rotatable bonds is 6. The van der Waals surface area contributed by atoms with Crippen LogP contribution in [0.15, 0.2) is 12.2 Å². The highest BCUT2D eigenvalue weighted by molar-refractivity contribution is 5.97. The second kappa shape index (κ2) is 6.75. The summed E-state index contributed by atoms with van der Waals surface area (Å²) in [5, 5.41) is 2.39. The molecule has 1 amide bonds. The number of ketones is 1. The predicted molar refractivity (Wildman–Crippen MR) is 54.1 cm³/mol. The summed E-state index contributed by atoms with van der Waals surface area (Å²) in [4.78, 5) is 32.6. The van der Waals surface area contributed by atoms with Gasteiger partial charge in [0.25, 0.3) is 0 Å². The van der Waals surface area contributed by atoms with Crippen LogP contribution in [-0.2, 0) is 19.1 Å². The molecule has 0 saturated heterocycles. The van der Waals surface area contributed by atoms with Gasteiger partial charge in [-0.2, -0.15) is 0 Å². The van der Waals surface area contributed by atoms with Crippen LogP contribution < -0.4 is 5.32 Å². The van der Waals surface area contributed by atoms with Gasteiger partial charge in [0.2, 0.25) is 5.91 Å². The van der Waals surface area contributed by atoms with Crippen molar-refractivity contribution in [1.29, 1.82) is 0 Å². The lowest BCUT2D eigenvalue weighted by Gasteiger charge is -2.06. The van der Waals surface area contributed by atoms with E-state index >= 15 is 0 Å². The summed E-state index contributed by atoms with van der Waals surface area (Å²) in [6.45, 7) is 6.72. The van der Waals surface area contributed by atoms with E-state index in [0.29, 0.717) is 0 Å². The third kappa shape index (κ3) is 6.42. The minimum atomic E-state index is -0.541. The van der Waals surface area contributed by atoms with Gasteiger partial charge in [0, 0.05) is 12.1 Å². The summed E-state index contributed by atoms with van der Waals surface area (Å²) in [5.74, 6) is -1.19. The molecule has 15 heavy (non-hydrogen) atoms. The molecule has 0 aromatic rings. The standard InChI is InChI=1S/C10H15NO4/c1-4-15-10(14)7(2)6-11-9(13)5-8(3)12/h2,4-6H2,1,3H3,(H,11,13). The molecule has 5 heteroatoms. The summed E-state index contributed by atoms with van der Waals surface area (Å²) in [6, 6.07) is 0. The Labute approximate surface area is 88.5 Å². The third-order valence-electron chi connectivity index (χ3n) is 1.47. The summed E-state index contributed by atoms with van der Waals surface area (Å²) in [7, 11) is 0. The minimum absolute atomic E-state index is 0.00491. The van der Waals surface area contributed by atoms with Gasteiger partial charge in [-0.3, -0.25) is 9.59 Å². The molecule has 0 rings (SSSR count). The average molecular weight is 213 g/mol. The normalized spacial score (nSPS) is 9.20. The zero-order valence-electron chi connectivity index (χ0n) is 8.96. The summed E-state index contributed by atoms with van der Waals surface area (Å²) in [5.41, 5.74) is 0.161. The molecule has 0 bridgehead atoms. The monoisotopic (exact) mass is 213 g/mol. The maximum Gasteiger partial charge on any atom is 0.335 e. The average Bonchev–Trinajstić information content (AvgIpc) is 2.13. The SMILES string of the molecule is C=C(CNC(=O)CC(C)=O)C(=O)OCC. The highest BCUT2D eigenvalue weighted by atomic mass is 16.5. The first-order valence-corrected chi connectivity index (χ1v) is 4.58. The Balaban J connectivity index is 3.85. The van der Waals surface area contributed by atoms with Gasteiger partial charge in [-0.05, 0) is 13.8 Å². The first-order chi connectivity index (χ1) is 6.97. The molecule has 0 saturated carbocycles. The Morgan fingerprint density at radius 3 is 2.40 bits per heavy atom. The van der Waals surface area contributed by atoms with Gasteiger partial charge in [-0.1, -0.05) is 6.58 Å². The largest absolute Gasteiger partial charge is 0.463 e. The molecule has 1 N–H and O–H groups in total. The molecular formula is C10H15NO4. The molecule has 0 aliphatic rings. The number of carbonyl (C=O) groups excluding carboxylic acids is 3. The number of amides is 1. The molecule has 0 heterocycles. The third-order valence-corrected chi connectivity index (χ3v) is 1.47. The number of esters is 1. The van der Waals surface area contributed by atoms with Crippen LogP contribution in [0.3, 0.4) is 0 Å². The number of Topliss-reactive ketones (excluding diaryl/α,β-unsaturated/α-hetero) is 1. The van der Waals surface area contributed by atoms with Gasteiger partial charge < -0.3 is 10.1 Å². The van der Waals surface area contributed by atoms with Crippen LogP contribution in [0.25, 0.3) is 0 Å². The summed E-state index contributed by atoms with van der Waals surface area (Å²) < 4.78 is 4.66. The molecule has 0 radical (unpaired) electrons. The number of hydrogen-bond donors (Lipinski definition) is 1. The molecule has 5 nitrogen and oxygen atoms in total. The highest BCUT2D eigenvalue weighted by Gasteiger charge is 2.10. The maximum absolute atomic E-state index is 11.0. The fraction of sp³-hybridized carbons (Fsp3) is 0.500. The van der Waals surface area contributed by atoms with E-state index in [0.717, 1.165) is 0 Å². The topological polar surface area (TPSA) is 72.5 Å². The maximum atomic E-state index is 11.0. The van der Waals surface area contributed by atoms with Crippen molar-refractivity contribution < 1.29 is 19.1 Å². The number of hydrogen-bond acceptors (Lipinski definition) is 4. The van der Waals surface area contributed by atoms with E-state index in [1.807, 2.05) is 0 Å². The fourth-order valence-electron chi connectivity index (χ4n) is 0.799. The zero-order valence-corrected chi connectivity index (χ0v) is 8.96. The highest BCUT2D eigenvalue weighted by Crippen LogP contribution is 1.93. The van der Waals surface area contributed by atoms with Crippen molar-refractivity contribution >= 4 is 17.7 Å². The van der Waals surface area contributed by atoms with Gasteiger partial charge in [0.1, 0.15) is 5.78 Å². The van der Waals surface area contributed by atoms with Gasteiger partial charge >= 0.3 is 5.97 Å². The predicted octanol–water partition coefficient (Wildman–Crippen LogP) is 0.201. The Bertz CT molecular complexity index is 283. The molecule has 0 aromatic heterocycles. The fourth-order valence-corrected chi connectivity index (χ4v) is 0.799. The van der Waals surface area contributed by atoms with Crippen LogP contribution >= 0.6 is 0 Å². The van der Waals surface area contributed by atoms with Crippen LogP contribution in [0, 0.1) is 0 Å². The first kappa shape index (κ1) is 13.4. The van der Waals surface area contributed by atoms with Gasteiger partial charge in [0.05, 0.1) is 13.0 Å². The van der Waals surface area contributed by atoms with Crippen molar-refractivity contribution in [1.82, 2.24) is 5.32 Å². The lowest BCUT2D eigenvalue weighted by atomic mass is 10.2. The molecular weight excluding hydrogens is 198 g/mol. The molecule has 0 spiro atoms. The van der Waals surface area contributed by atoms with E-state index in [2.05, 4.69) is 16.6 Å². The van der Waals surface area contributed by atoms with Crippen molar-refractivity contribution in [3.05, 3.63) is 12.2 Å². The second-order valence-electron chi connectivity index (χ2n) is 2.98. The van der Waals surface area contributed by atoms with Gasteiger partial charge in [-0.25, -0.2) is 4.79 Å². The van der Waals surface area contributed by atoms with Crippen LogP contribution in [0.2, 0.25) is 0 Å². The van der Waals surface area contributed by atoms with Crippen LogP contribution in [0.4, 0.5) is 0 Å². The molecule has 0 unspecified atom stereocenters. The van der Waals surface area contributed by atoms with Crippen molar-refractivity contribution in [2.45, 2.75) is 20.3 Å². The van der Waals surface area contributed by atoms with Crippen LogP contribution in [0.1, 0.15) is 20.3 Å². The van der Waals surface area contributed by atoms with E-state index in [1.165, 1.54) is 6.92 Å². The first-order valence-electron chi connectivity index (χ1n) is 4.58. The summed E-state index contributed by atoms with van der Waals surface area (Å²) >= 11 is 0. The molecule has 0 aromatic carbocycles. The van der Waals surface area contributed by atoms with Crippen molar-refractivity contribution in [2.75, 3.05) is 13.2 Å². The van der Waals surface area contributed by atoms with Crippen molar-refractivity contribution in [3.8, 4) is 0 Å².